The second kappa shape index (κ2) is 4.40. The molecule has 1 aliphatic carbocycles. The third kappa shape index (κ3) is 1.85. The Bertz CT molecular complexity index is 759. The minimum atomic E-state index is -0.255. The van der Waals surface area contributed by atoms with Gasteiger partial charge in [0, 0.05) is 17.0 Å². The van der Waals surface area contributed by atoms with Gasteiger partial charge >= 0.3 is 0 Å². The Morgan fingerprint density at radius 1 is 1.35 bits per heavy atom. The molecule has 0 spiro atoms. The van der Waals surface area contributed by atoms with Crippen LogP contribution in [0.2, 0.25) is 0 Å². The molecule has 102 valence electrons. The number of nitrogens with two attached hydrogens (primary N) is 1. The fraction of sp³-hybridized carbons (Fsp3) is 0.267. The van der Waals surface area contributed by atoms with Gasteiger partial charge in [0.1, 0.15) is 11.6 Å². The highest BCUT2D eigenvalue weighted by molar-refractivity contribution is 7.10. The van der Waals surface area contributed by atoms with Crippen LogP contribution in [-0.2, 0) is 0 Å². The number of halogens is 1. The lowest BCUT2D eigenvalue weighted by Crippen LogP contribution is -2.16. The molecule has 5 heteroatoms. The quantitative estimate of drug-likeness (QED) is 0.799. The first-order valence-corrected chi connectivity index (χ1v) is 7.58. The van der Waals surface area contributed by atoms with Crippen LogP contribution in [0.5, 0.6) is 0 Å². The Hall–Kier alpha value is -1.72. The monoisotopic (exact) mass is 287 g/mol. The van der Waals surface area contributed by atoms with E-state index in [0.29, 0.717) is 11.6 Å². The molecule has 1 unspecified atom stereocenters. The largest absolute Gasteiger partial charge is 0.323 e. The average Bonchev–Trinajstić information content (AvgIpc) is 3.01. The SMILES string of the molecule is NC(c1cccs1)c1nc2cc(F)ccc2n1C1CC1. The van der Waals surface area contributed by atoms with Crippen LogP contribution in [-0.4, -0.2) is 9.55 Å². The third-order valence-corrected chi connectivity index (χ3v) is 4.67. The maximum Gasteiger partial charge on any atom is 0.132 e. The number of aromatic nitrogens is 2. The number of nitrogens with zero attached hydrogens (tertiary/aromatic N) is 2. The van der Waals surface area contributed by atoms with Crippen molar-refractivity contribution in [1.29, 1.82) is 0 Å². The van der Waals surface area contributed by atoms with Gasteiger partial charge in [-0.2, -0.15) is 0 Å². The van der Waals surface area contributed by atoms with Crippen molar-refractivity contribution >= 4 is 22.4 Å². The van der Waals surface area contributed by atoms with E-state index in [1.807, 2.05) is 17.5 Å². The van der Waals surface area contributed by atoms with Gasteiger partial charge in [0.05, 0.1) is 17.1 Å². The first-order chi connectivity index (χ1) is 9.74. The van der Waals surface area contributed by atoms with Gasteiger partial charge in [-0.05, 0) is 36.4 Å². The highest BCUT2D eigenvalue weighted by Crippen LogP contribution is 2.40. The maximum atomic E-state index is 13.4. The lowest BCUT2D eigenvalue weighted by atomic mass is 10.2. The van der Waals surface area contributed by atoms with E-state index in [2.05, 4.69) is 9.55 Å². The molecule has 0 amide bonds. The van der Waals surface area contributed by atoms with Gasteiger partial charge < -0.3 is 10.3 Å². The van der Waals surface area contributed by atoms with Crippen LogP contribution < -0.4 is 5.73 Å². The number of rotatable bonds is 3. The fourth-order valence-electron chi connectivity index (χ4n) is 2.62. The first-order valence-electron chi connectivity index (χ1n) is 6.70. The summed E-state index contributed by atoms with van der Waals surface area (Å²) in [5, 5.41) is 2.01. The van der Waals surface area contributed by atoms with E-state index in [4.69, 9.17) is 5.73 Å². The minimum Gasteiger partial charge on any atom is -0.323 e. The Morgan fingerprint density at radius 3 is 2.90 bits per heavy atom. The summed E-state index contributed by atoms with van der Waals surface area (Å²) in [5.74, 6) is 0.588. The van der Waals surface area contributed by atoms with Gasteiger partial charge in [-0.1, -0.05) is 6.07 Å². The number of fused-ring (bicyclic) bond motifs is 1. The lowest BCUT2D eigenvalue weighted by molar-refractivity contribution is 0.629. The van der Waals surface area contributed by atoms with E-state index in [1.165, 1.54) is 12.1 Å². The zero-order chi connectivity index (χ0) is 13.7. The second-order valence-electron chi connectivity index (χ2n) is 5.20. The maximum absolute atomic E-state index is 13.4. The van der Waals surface area contributed by atoms with Crippen molar-refractivity contribution in [3.05, 3.63) is 52.2 Å². The molecule has 1 aromatic carbocycles. The van der Waals surface area contributed by atoms with Crippen LogP contribution in [0, 0.1) is 5.82 Å². The van der Waals surface area contributed by atoms with Crippen LogP contribution in [0.15, 0.2) is 35.7 Å². The normalized spacial score (nSPS) is 16.7. The minimum absolute atomic E-state index is 0.244. The Balaban J connectivity index is 1.91. The Kier molecular flexibility index (Phi) is 2.65. The van der Waals surface area contributed by atoms with Crippen molar-refractivity contribution in [2.45, 2.75) is 24.9 Å². The molecule has 0 saturated heterocycles. The molecule has 2 N–H and O–H groups in total. The van der Waals surface area contributed by atoms with E-state index in [9.17, 15) is 4.39 Å². The number of imidazole rings is 1. The van der Waals surface area contributed by atoms with E-state index >= 15 is 0 Å². The van der Waals surface area contributed by atoms with Crippen molar-refractivity contribution in [1.82, 2.24) is 9.55 Å². The van der Waals surface area contributed by atoms with Crippen molar-refractivity contribution in [3.63, 3.8) is 0 Å². The Morgan fingerprint density at radius 2 is 2.20 bits per heavy atom. The molecule has 2 heterocycles. The zero-order valence-corrected chi connectivity index (χ0v) is 11.6. The molecule has 20 heavy (non-hydrogen) atoms. The van der Waals surface area contributed by atoms with E-state index in [0.717, 1.165) is 29.1 Å². The van der Waals surface area contributed by atoms with Gasteiger partial charge in [0.25, 0.3) is 0 Å². The smallest absolute Gasteiger partial charge is 0.132 e. The van der Waals surface area contributed by atoms with Crippen LogP contribution in [0.1, 0.15) is 35.6 Å². The molecule has 3 aromatic rings. The summed E-state index contributed by atoms with van der Waals surface area (Å²) in [7, 11) is 0. The first kappa shape index (κ1) is 12.1. The van der Waals surface area contributed by atoms with Gasteiger partial charge in [-0.25, -0.2) is 9.37 Å². The van der Waals surface area contributed by atoms with Crippen molar-refractivity contribution in [2.75, 3.05) is 0 Å². The van der Waals surface area contributed by atoms with Crippen LogP contribution in [0.4, 0.5) is 4.39 Å². The summed E-state index contributed by atoms with van der Waals surface area (Å²) >= 11 is 1.63. The predicted molar refractivity (Wildman–Crippen MR) is 78.3 cm³/mol. The van der Waals surface area contributed by atoms with E-state index in [-0.39, 0.29) is 11.9 Å². The van der Waals surface area contributed by atoms with Crippen molar-refractivity contribution < 1.29 is 4.39 Å². The summed E-state index contributed by atoms with van der Waals surface area (Å²) in [6.07, 6.45) is 2.29. The van der Waals surface area contributed by atoms with Gasteiger partial charge in [0.15, 0.2) is 0 Å². The molecule has 2 aromatic heterocycles. The second-order valence-corrected chi connectivity index (χ2v) is 6.18. The average molecular weight is 287 g/mol. The molecule has 1 fully saturated rings. The summed E-state index contributed by atoms with van der Waals surface area (Å²) in [6.45, 7) is 0. The fourth-order valence-corrected chi connectivity index (χ4v) is 3.35. The summed E-state index contributed by atoms with van der Waals surface area (Å²) < 4.78 is 15.6. The van der Waals surface area contributed by atoms with E-state index in [1.54, 1.807) is 17.4 Å². The molecule has 0 radical (unpaired) electrons. The Labute approximate surface area is 119 Å². The topological polar surface area (TPSA) is 43.8 Å². The van der Waals surface area contributed by atoms with E-state index < -0.39 is 0 Å². The molecule has 0 aliphatic heterocycles. The number of thiophene rings is 1. The predicted octanol–water partition coefficient (Wildman–Crippen LogP) is 3.62. The van der Waals surface area contributed by atoms with Crippen LogP contribution in [0.25, 0.3) is 11.0 Å². The molecule has 0 bridgehead atoms. The molecule has 1 atom stereocenters. The summed E-state index contributed by atoms with van der Waals surface area (Å²) in [4.78, 5) is 5.68. The van der Waals surface area contributed by atoms with Crippen LogP contribution >= 0.6 is 11.3 Å². The molecular formula is C15H14FN3S. The van der Waals surface area contributed by atoms with Gasteiger partial charge in [-0.3, -0.25) is 0 Å². The highest BCUT2D eigenvalue weighted by Gasteiger charge is 2.30. The summed E-state index contributed by atoms with van der Waals surface area (Å²) in [6, 6.07) is 9.01. The zero-order valence-electron chi connectivity index (χ0n) is 10.8. The molecule has 1 aliphatic rings. The molecule has 1 saturated carbocycles. The van der Waals surface area contributed by atoms with Crippen LogP contribution in [0.3, 0.4) is 0 Å². The summed E-state index contributed by atoms with van der Waals surface area (Å²) in [5.41, 5.74) is 8.04. The number of hydrogen-bond donors (Lipinski definition) is 1. The lowest BCUT2D eigenvalue weighted by Gasteiger charge is -2.12. The van der Waals surface area contributed by atoms with Gasteiger partial charge in [-0.15, -0.1) is 11.3 Å². The molecular weight excluding hydrogens is 273 g/mol. The number of benzene rings is 1. The third-order valence-electron chi connectivity index (χ3n) is 3.72. The van der Waals surface area contributed by atoms with Crippen molar-refractivity contribution in [2.24, 2.45) is 5.73 Å². The van der Waals surface area contributed by atoms with Gasteiger partial charge in [0.2, 0.25) is 0 Å². The van der Waals surface area contributed by atoms with Crippen molar-refractivity contribution in [3.8, 4) is 0 Å². The number of hydrogen-bond acceptors (Lipinski definition) is 3. The highest BCUT2D eigenvalue weighted by atomic mass is 32.1. The molecule has 3 nitrogen and oxygen atoms in total. The molecule has 4 rings (SSSR count). The standard InChI is InChI=1S/C15H14FN3S/c16-9-3-6-12-11(8-9)18-15(19(12)10-4-5-10)14(17)13-2-1-7-20-13/h1-3,6-8,10,14H,4-5,17H2.